The van der Waals surface area contributed by atoms with E-state index >= 15 is 0 Å². The van der Waals surface area contributed by atoms with Gasteiger partial charge in [0.15, 0.2) is 0 Å². The van der Waals surface area contributed by atoms with Crippen molar-refractivity contribution < 1.29 is 4.42 Å². The van der Waals surface area contributed by atoms with E-state index in [2.05, 4.69) is 183 Å². The minimum Gasteiger partial charge on any atom is -0.456 e. The maximum atomic E-state index is 6.15. The third-order valence-corrected chi connectivity index (χ3v) is 10.9. The van der Waals surface area contributed by atoms with Crippen molar-refractivity contribution in [1.29, 1.82) is 0 Å². The molecule has 10 rings (SSSR count). The van der Waals surface area contributed by atoms with E-state index in [-0.39, 0.29) is 5.41 Å². The Bertz CT molecular complexity index is 2770. The molecule has 9 aromatic rings. The Hall–Kier alpha value is -6.38. The third-order valence-electron chi connectivity index (χ3n) is 10.9. The predicted octanol–water partition coefficient (Wildman–Crippen LogP) is 13.8. The molecule has 0 unspecified atom stereocenters. The molecule has 0 amide bonds. The van der Waals surface area contributed by atoms with Gasteiger partial charge in [-0.2, -0.15) is 0 Å². The molecule has 1 heterocycles. The van der Waals surface area contributed by atoms with Crippen LogP contribution >= 0.6 is 0 Å². The van der Waals surface area contributed by atoms with Crippen molar-refractivity contribution in [3.63, 3.8) is 0 Å². The summed E-state index contributed by atoms with van der Waals surface area (Å²) in [6.45, 7) is 4.73. The van der Waals surface area contributed by atoms with Gasteiger partial charge in [-0.3, -0.25) is 0 Å². The number of fused-ring (bicyclic) bond motifs is 8. The molecule has 0 aliphatic heterocycles. The first-order chi connectivity index (χ1) is 25.0. The van der Waals surface area contributed by atoms with Crippen molar-refractivity contribution in [2.75, 3.05) is 4.90 Å². The van der Waals surface area contributed by atoms with E-state index in [1.165, 1.54) is 55.3 Å². The molecule has 0 bridgehead atoms. The molecule has 0 saturated heterocycles. The maximum absolute atomic E-state index is 6.15. The topological polar surface area (TPSA) is 16.4 Å². The predicted molar refractivity (Wildman–Crippen MR) is 214 cm³/mol. The van der Waals surface area contributed by atoms with Gasteiger partial charge >= 0.3 is 0 Å². The average molecular weight is 654 g/mol. The Labute approximate surface area is 297 Å². The third kappa shape index (κ3) is 4.71. The highest BCUT2D eigenvalue weighted by Gasteiger charge is 2.36. The molecule has 8 aromatic carbocycles. The second-order valence-electron chi connectivity index (χ2n) is 14.2. The van der Waals surface area contributed by atoms with Gasteiger partial charge in [-0.25, -0.2) is 0 Å². The van der Waals surface area contributed by atoms with Crippen molar-refractivity contribution in [2.24, 2.45) is 0 Å². The molecule has 0 atom stereocenters. The lowest BCUT2D eigenvalue weighted by Crippen LogP contribution is -2.15. The van der Waals surface area contributed by atoms with Crippen LogP contribution in [0.1, 0.15) is 25.0 Å². The lowest BCUT2D eigenvalue weighted by atomic mass is 9.81. The molecule has 1 aliphatic rings. The van der Waals surface area contributed by atoms with Crippen molar-refractivity contribution in [2.45, 2.75) is 19.3 Å². The number of hydrogen-bond acceptors (Lipinski definition) is 2. The van der Waals surface area contributed by atoms with Gasteiger partial charge in [0.25, 0.3) is 0 Å². The Morgan fingerprint density at radius 3 is 1.90 bits per heavy atom. The second-order valence-corrected chi connectivity index (χ2v) is 14.2. The van der Waals surface area contributed by atoms with Gasteiger partial charge < -0.3 is 9.32 Å². The number of hydrogen-bond donors (Lipinski definition) is 0. The van der Waals surface area contributed by atoms with Gasteiger partial charge in [-0.05, 0) is 116 Å². The SMILES string of the molecule is CC1(C)c2cc(-c3cccc(-c4ccc(N(c5ccccc5)c5ccc6oc7ccccc7c6c5)cc4)c3)ccc2-c2c1ccc1ccccc21. The summed E-state index contributed by atoms with van der Waals surface area (Å²) in [5, 5.41) is 4.87. The van der Waals surface area contributed by atoms with Crippen LogP contribution in [0, 0.1) is 0 Å². The molecule has 0 fully saturated rings. The number of furan rings is 1. The number of para-hydroxylation sites is 2. The van der Waals surface area contributed by atoms with Gasteiger partial charge in [0, 0.05) is 33.2 Å². The standard InChI is InChI=1S/C49H35NO/c1-49(2)44-27-22-33-11-6-7-16-40(33)48(44)42-26-21-36(30-45(42)49)35-13-10-12-34(29-35)32-19-23-38(24-20-32)50(37-14-4-3-5-15-37)39-25-28-47-43(31-39)41-17-8-9-18-46(41)51-47/h3-31H,1-2H3. The molecule has 0 spiro atoms. The molecule has 51 heavy (non-hydrogen) atoms. The highest BCUT2D eigenvalue weighted by molar-refractivity contribution is 6.07. The van der Waals surface area contributed by atoms with Crippen LogP contribution in [-0.2, 0) is 5.41 Å². The number of anilines is 3. The summed E-state index contributed by atoms with van der Waals surface area (Å²) >= 11 is 0. The largest absolute Gasteiger partial charge is 0.456 e. The first-order valence-corrected chi connectivity index (χ1v) is 17.7. The molecule has 2 nitrogen and oxygen atoms in total. The molecular formula is C49H35NO. The molecular weight excluding hydrogens is 619 g/mol. The first kappa shape index (κ1) is 29.5. The monoisotopic (exact) mass is 653 g/mol. The van der Waals surface area contributed by atoms with Crippen LogP contribution in [0.5, 0.6) is 0 Å². The van der Waals surface area contributed by atoms with Crippen LogP contribution in [0.3, 0.4) is 0 Å². The lowest BCUT2D eigenvalue weighted by molar-refractivity contribution is 0.661. The van der Waals surface area contributed by atoms with E-state index in [4.69, 9.17) is 4.42 Å². The van der Waals surface area contributed by atoms with Gasteiger partial charge in [0.05, 0.1) is 0 Å². The van der Waals surface area contributed by atoms with Crippen LogP contribution in [0.15, 0.2) is 180 Å². The van der Waals surface area contributed by atoms with Crippen molar-refractivity contribution >= 4 is 49.8 Å². The van der Waals surface area contributed by atoms with Gasteiger partial charge in [0.2, 0.25) is 0 Å². The first-order valence-electron chi connectivity index (χ1n) is 17.7. The fourth-order valence-corrected chi connectivity index (χ4v) is 8.25. The fraction of sp³-hybridized carbons (Fsp3) is 0.0612. The lowest BCUT2D eigenvalue weighted by Gasteiger charge is -2.25. The van der Waals surface area contributed by atoms with E-state index in [0.29, 0.717) is 0 Å². The van der Waals surface area contributed by atoms with Crippen LogP contribution in [0.25, 0.3) is 66.1 Å². The summed E-state index contributed by atoms with van der Waals surface area (Å²) in [6.07, 6.45) is 0. The van der Waals surface area contributed by atoms with Crippen LogP contribution in [0.4, 0.5) is 17.1 Å². The summed E-state index contributed by atoms with van der Waals surface area (Å²) in [4.78, 5) is 2.31. The van der Waals surface area contributed by atoms with E-state index < -0.39 is 0 Å². The summed E-state index contributed by atoms with van der Waals surface area (Å²) in [7, 11) is 0. The van der Waals surface area contributed by atoms with E-state index in [1.54, 1.807) is 0 Å². The minimum absolute atomic E-state index is 0.0714. The van der Waals surface area contributed by atoms with Crippen molar-refractivity contribution in [3.05, 3.63) is 187 Å². The number of benzene rings is 8. The summed E-state index contributed by atoms with van der Waals surface area (Å²) < 4.78 is 6.15. The smallest absolute Gasteiger partial charge is 0.135 e. The Kier molecular flexibility index (Phi) is 6.56. The maximum Gasteiger partial charge on any atom is 0.135 e. The zero-order valence-electron chi connectivity index (χ0n) is 28.6. The highest BCUT2D eigenvalue weighted by Crippen LogP contribution is 2.52. The Balaban J connectivity index is 1.01. The van der Waals surface area contributed by atoms with Crippen molar-refractivity contribution in [1.82, 2.24) is 0 Å². The van der Waals surface area contributed by atoms with E-state index in [9.17, 15) is 0 Å². The molecule has 1 aromatic heterocycles. The minimum atomic E-state index is -0.0714. The molecule has 0 radical (unpaired) electrons. The molecule has 0 N–H and O–H groups in total. The fourth-order valence-electron chi connectivity index (χ4n) is 8.25. The Morgan fingerprint density at radius 2 is 1.06 bits per heavy atom. The van der Waals surface area contributed by atoms with Gasteiger partial charge in [0.1, 0.15) is 11.2 Å². The van der Waals surface area contributed by atoms with Crippen LogP contribution in [-0.4, -0.2) is 0 Å². The highest BCUT2D eigenvalue weighted by atomic mass is 16.3. The number of nitrogens with zero attached hydrogens (tertiary/aromatic N) is 1. The molecule has 2 heteroatoms. The van der Waals surface area contributed by atoms with Crippen molar-refractivity contribution in [3.8, 4) is 33.4 Å². The van der Waals surface area contributed by atoms with Gasteiger partial charge in [-0.1, -0.05) is 129 Å². The summed E-state index contributed by atoms with van der Waals surface area (Å²) in [5.41, 5.74) is 15.4. The van der Waals surface area contributed by atoms with Crippen LogP contribution < -0.4 is 4.90 Å². The quantitative estimate of drug-likeness (QED) is 0.184. The van der Waals surface area contributed by atoms with Gasteiger partial charge in [-0.15, -0.1) is 0 Å². The Morgan fingerprint density at radius 1 is 0.412 bits per heavy atom. The molecule has 242 valence electrons. The summed E-state index contributed by atoms with van der Waals surface area (Å²) in [6, 6.07) is 63.6. The number of rotatable bonds is 5. The average Bonchev–Trinajstić information content (AvgIpc) is 3.67. The molecule has 0 saturated carbocycles. The van der Waals surface area contributed by atoms with E-state index in [1.807, 2.05) is 12.1 Å². The van der Waals surface area contributed by atoms with Crippen LogP contribution in [0.2, 0.25) is 0 Å². The normalized spacial score (nSPS) is 13.1. The van der Waals surface area contributed by atoms with E-state index in [0.717, 1.165) is 39.0 Å². The summed E-state index contributed by atoms with van der Waals surface area (Å²) in [5.74, 6) is 0. The second kappa shape index (κ2) is 11.3. The molecule has 1 aliphatic carbocycles. The zero-order valence-corrected chi connectivity index (χ0v) is 28.6. The zero-order chi connectivity index (χ0) is 34.1.